The Labute approximate surface area is 105 Å². The van der Waals surface area contributed by atoms with Gasteiger partial charge in [-0.2, -0.15) is 4.98 Å². The third-order valence-corrected chi connectivity index (χ3v) is 2.93. The first kappa shape index (κ1) is 13.4. The first-order valence-corrected chi connectivity index (χ1v) is 5.55. The molecule has 1 aromatic heterocycles. The molecule has 0 saturated carbocycles. The molecule has 0 radical (unpaired) electrons. The lowest BCUT2D eigenvalue weighted by molar-refractivity contribution is 0.210. The molecule has 0 aliphatic heterocycles. The van der Waals surface area contributed by atoms with Gasteiger partial charge in [0, 0.05) is 12.1 Å². The van der Waals surface area contributed by atoms with Crippen molar-refractivity contribution in [3.05, 3.63) is 10.4 Å². The van der Waals surface area contributed by atoms with Gasteiger partial charge in [0.15, 0.2) is 11.0 Å². The van der Waals surface area contributed by atoms with E-state index in [1.165, 1.54) is 0 Å². The molecule has 16 heavy (non-hydrogen) atoms. The Bertz CT molecular complexity index is 367. The van der Waals surface area contributed by atoms with Gasteiger partial charge >= 0.3 is 0 Å². The largest absolute Gasteiger partial charge is 0.366 e. The van der Waals surface area contributed by atoms with Crippen LogP contribution in [0.1, 0.15) is 13.8 Å². The van der Waals surface area contributed by atoms with Crippen LogP contribution in [0.4, 0.5) is 5.82 Å². The molecular weight excluding hydrogens is 249 g/mol. The van der Waals surface area contributed by atoms with Gasteiger partial charge in [0.2, 0.25) is 5.28 Å². The predicted octanol–water partition coefficient (Wildman–Crippen LogP) is 1.93. The molecule has 1 rings (SSSR count). The molecule has 0 fully saturated rings. The second-order valence-electron chi connectivity index (χ2n) is 4.28. The summed E-state index contributed by atoms with van der Waals surface area (Å²) in [6, 6.07) is 0. The lowest BCUT2D eigenvalue weighted by atomic mass is 10.0. The van der Waals surface area contributed by atoms with Crippen molar-refractivity contribution in [3.63, 3.8) is 0 Å². The van der Waals surface area contributed by atoms with Gasteiger partial charge in [-0.05, 0) is 39.5 Å². The predicted molar refractivity (Wildman–Crippen MR) is 66.1 cm³/mol. The SMILES string of the molecule is CN(C)C(C)(C)CNc1nc(Cl)nnc1Cl. The minimum Gasteiger partial charge on any atom is -0.366 e. The van der Waals surface area contributed by atoms with Crippen LogP contribution >= 0.6 is 23.2 Å². The van der Waals surface area contributed by atoms with E-state index in [2.05, 4.69) is 39.2 Å². The van der Waals surface area contributed by atoms with E-state index in [-0.39, 0.29) is 16.0 Å². The zero-order chi connectivity index (χ0) is 12.3. The average molecular weight is 264 g/mol. The lowest BCUT2D eigenvalue weighted by Gasteiger charge is -2.32. The van der Waals surface area contributed by atoms with E-state index in [0.717, 1.165) is 0 Å². The van der Waals surface area contributed by atoms with Crippen LogP contribution in [-0.2, 0) is 0 Å². The molecule has 1 N–H and O–H groups in total. The highest BCUT2D eigenvalue weighted by Gasteiger charge is 2.20. The van der Waals surface area contributed by atoms with E-state index >= 15 is 0 Å². The third kappa shape index (κ3) is 3.43. The Morgan fingerprint density at radius 2 is 1.88 bits per heavy atom. The van der Waals surface area contributed by atoms with Crippen molar-refractivity contribution in [3.8, 4) is 0 Å². The van der Waals surface area contributed by atoms with E-state index in [1.54, 1.807) is 0 Å². The molecule has 0 unspecified atom stereocenters. The van der Waals surface area contributed by atoms with Crippen LogP contribution in [0, 0.1) is 0 Å². The minimum atomic E-state index is -0.0270. The molecule has 0 spiro atoms. The molecule has 0 aliphatic carbocycles. The summed E-state index contributed by atoms with van der Waals surface area (Å²) in [6.45, 7) is 4.88. The third-order valence-electron chi connectivity index (χ3n) is 2.52. The van der Waals surface area contributed by atoms with Gasteiger partial charge in [-0.15, -0.1) is 10.2 Å². The van der Waals surface area contributed by atoms with Crippen LogP contribution in [0.5, 0.6) is 0 Å². The van der Waals surface area contributed by atoms with Crippen LogP contribution in [0.2, 0.25) is 10.4 Å². The monoisotopic (exact) mass is 263 g/mol. The zero-order valence-electron chi connectivity index (χ0n) is 9.75. The van der Waals surface area contributed by atoms with Gasteiger partial charge in [0.1, 0.15) is 0 Å². The molecule has 90 valence electrons. The number of aromatic nitrogens is 3. The number of anilines is 1. The van der Waals surface area contributed by atoms with Crippen molar-refractivity contribution in [1.29, 1.82) is 0 Å². The van der Waals surface area contributed by atoms with Crippen molar-refractivity contribution >= 4 is 29.0 Å². The van der Waals surface area contributed by atoms with E-state index in [0.29, 0.717) is 12.4 Å². The van der Waals surface area contributed by atoms with Crippen LogP contribution in [0.25, 0.3) is 0 Å². The number of hydrogen-bond donors (Lipinski definition) is 1. The Morgan fingerprint density at radius 3 is 2.44 bits per heavy atom. The van der Waals surface area contributed by atoms with Crippen LogP contribution in [0.3, 0.4) is 0 Å². The number of hydrogen-bond acceptors (Lipinski definition) is 5. The highest BCUT2D eigenvalue weighted by molar-refractivity contribution is 6.32. The van der Waals surface area contributed by atoms with E-state index in [4.69, 9.17) is 23.2 Å². The van der Waals surface area contributed by atoms with E-state index in [1.807, 2.05) is 14.1 Å². The Kier molecular flexibility index (Phi) is 4.29. The summed E-state index contributed by atoms with van der Waals surface area (Å²) < 4.78 is 0. The first-order chi connectivity index (χ1) is 7.33. The van der Waals surface area contributed by atoms with Gasteiger partial charge in [-0.25, -0.2) is 0 Å². The molecule has 0 amide bonds. The first-order valence-electron chi connectivity index (χ1n) is 4.80. The number of nitrogens with zero attached hydrogens (tertiary/aromatic N) is 4. The summed E-state index contributed by atoms with van der Waals surface area (Å²) in [4.78, 5) is 6.07. The normalized spacial score (nSPS) is 11.9. The minimum absolute atomic E-state index is 0.0270. The molecular formula is C9H15Cl2N5. The average Bonchev–Trinajstić information content (AvgIpc) is 2.19. The van der Waals surface area contributed by atoms with Gasteiger partial charge in [-0.1, -0.05) is 11.6 Å². The van der Waals surface area contributed by atoms with Crippen molar-refractivity contribution in [2.75, 3.05) is 26.0 Å². The molecule has 1 aromatic rings. The van der Waals surface area contributed by atoms with Crippen molar-refractivity contribution in [2.45, 2.75) is 19.4 Å². The zero-order valence-corrected chi connectivity index (χ0v) is 11.3. The molecule has 0 bridgehead atoms. The molecule has 0 aliphatic rings. The molecule has 0 aromatic carbocycles. The topological polar surface area (TPSA) is 53.9 Å². The second-order valence-corrected chi connectivity index (χ2v) is 4.98. The smallest absolute Gasteiger partial charge is 0.245 e. The maximum Gasteiger partial charge on any atom is 0.245 e. The summed E-state index contributed by atoms with van der Waals surface area (Å²) in [5.74, 6) is 0.455. The van der Waals surface area contributed by atoms with E-state index in [9.17, 15) is 0 Å². The number of likely N-dealkylation sites (N-methyl/N-ethyl adjacent to an activating group) is 1. The Balaban J connectivity index is 2.71. The summed E-state index contributed by atoms with van der Waals surface area (Å²) >= 11 is 11.5. The van der Waals surface area contributed by atoms with E-state index < -0.39 is 0 Å². The highest BCUT2D eigenvalue weighted by atomic mass is 35.5. The fraction of sp³-hybridized carbons (Fsp3) is 0.667. The Morgan fingerprint density at radius 1 is 1.25 bits per heavy atom. The second kappa shape index (κ2) is 5.12. The molecule has 7 heteroatoms. The van der Waals surface area contributed by atoms with Gasteiger partial charge in [-0.3, -0.25) is 0 Å². The van der Waals surface area contributed by atoms with Crippen LogP contribution in [-0.4, -0.2) is 46.3 Å². The fourth-order valence-electron chi connectivity index (χ4n) is 0.864. The summed E-state index contributed by atoms with van der Waals surface area (Å²) in [5, 5.41) is 10.6. The van der Waals surface area contributed by atoms with Crippen molar-refractivity contribution < 1.29 is 0 Å². The molecule has 0 atom stereocenters. The maximum absolute atomic E-state index is 5.83. The van der Waals surface area contributed by atoms with Crippen molar-refractivity contribution in [2.24, 2.45) is 0 Å². The summed E-state index contributed by atoms with van der Waals surface area (Å²) in [7, 11) is 4.02. The molecule has 1 heterocycles. The highest BCUT2D eigenvalue weighted by Crippen LogP contribution is 2.18. The number of halogens is 2. The standard InChI is InChI=1S/C9H15Cl2N5/c1-9(2,16(3)4)5-12-7-6(10)14-15-8(11)13-7/h5H2,1-4H3,(H,12,13,15). The van der Waals surface area contributed by atoms with Crippen molar-refractivity contribution in [1.82, 2.24) is 20.1 Å². The Hall–Kier alpha value is -0.650. The quantitative estimate of drug-likeness (QED) is 0.900. The maximum atomic E-state index is 5.83. The fourth-order valence-corrected chi connectivity index (χ4v) is 1.13. The summed E-state index contributed by atoms with van der Waals surface area (Å²) in [6.07, 6.45) is 0. The number of nitrogens with one attached hydrogen (secondary N) is 1. The van der Waals surface area contributed by atoms with Gasteiger partial charge < -0.3 is 10.2 Å². The van der Waals surface area contributed by atoms with Crippen LogP contribution < -0.4 is 5.32 Å². The molecule has 5 nitrogen and oxygen atoms in total. The van der Waals surface area contributed by atoms with Gasteiger partial charge in [0.05, 0.1) is 0 Å². The lowest BCUT2D eigenvalue weighted by Crippen LogP contribution is -2.44. The number of rotatable bonds is 4. The molecule has 0 saturated heterocycles. The van der Waals surface area contributed by atoms with Crippen LogP contribution in [0.15, 0.2) is 0 Å². The summed E-state index contributed by atoms with van der Waals surface area (Å²) in [5.41, 5.74) is -0.0270. The van der Waals surface area contributed by atoms with Gasteiger partial charge in [0.25, 0.3) is 0 Å².